The molecular weight excluding hydrogens is 290 g/mol. The van der Waals surface area contributed by atoms with Crippen LogP contribution in [0, 0.1) is 18.3 Å². The van der Waals surface area contributed by atoms with Crippen LogP contribution in [-0.4, -0.2) is 10.1 Å². The third-order valence-corrected chi connectivity index (χ3v) is 3.87. The third-order valence-electron chi connectivity index (χ3n) is 3.87. The molecule has 116 valence electrons. The Morgan fingerprint density at radius 3 is 2.61 bits per heavy atom. The first kappa shape index (κ1) is 15.1. The number of aromatic nitrogens is 1. The van der Waals surface area contributed by atoms with E-state index in [9.17, 15) is 10.4 Å². The number of furan rings is 1. The van der Waals surface area contributed by atoms with E-state index >= 15 is 0 Å². The SMILES string of the molecule is Cc1c(-c2cc(C(C)(C)O)nc(N)c2C#N)oc2ccccc12. The van der Waals surface area contributed by atoms with Crippen LogP contribution < -0.4 is 5.73 Å². The van der Waals surface area contributed by atoms with Crippen LogP contribution in [-0.2, 0) is 5.60 Å². The van der Waals surface area contributed by atoms with Gasteiger partial charge in [-0.05, 0) is 32.9 Å². The Balaban J connectivity index is 2.35. The molecule has 1 aromatic carbocycles. The number of pyridine rings is 1. The molecule has 0 radical (unpaired) electrons. The van der Waals surface area contributed by atoms with E-state index in [2.05, 4.69) is 11.1 Å². The Morgan fingerprint density at radius 2 is 2.00 bits per heavy atom. The number of nitrogen functional groups attached to an aromatic ring is 1. The summed E-state index contributed by atoms with van der Waals surface area (Å²) in [5.41, 5.74) is 7.61. The molecule has 0 saturated carbocycles. The smallest absolute Gasteiger partial charge is 0.142 e. The van der Waals surface area contributed by atoms with Gasteiger partial charge in [0.25, 0.3) is 0 Å². The number of nitrogens with two attached hydrogens (primary N) is 1. The number of hydrogen-bond acceptors (Lipinski definition) is 5. The molecule has 0 aliphatic rings. The molecule has 0 saturated heterocycles. The zero-order valence-electron chi connectivity index (χ0n) is 13.2. The molecule has 23 heavy (non-hydrogen) atoms. The van der Waals surface area contributed by atoms with Crippen molar-refractivity contribution >= 4 is 16.8 Å². The van der Waals surface area contributed by atoms with Gasteiger partial charge in [0.05, 0.1) is 5.69 Å². The van der Waals surface area contributed by atoms with Gasteiger partial charge in [-0.2, -0.15) is 5.26 Å². The highest BCUT2D eigenvalue weighted by atomic mass is 16.3. The number of benzene rings is 1. The molecule has 2 aromatic heterocycles. The highest BCUT2D eigenvalue weighted by Gasteiger charge is 2.24. The minimum atomic E-state index is -1.17. The number of fused-ring (bicyclic) bond motifs is 1. The molecule has 0 aliphatic heterocycles. The summed E-state index contributed by atoms with van der Waals surface area (Å²) in [6.07, 6.45) is 0. The Labute approximate surface area is 134 Å². The summed E-state index contributed by atoms with van der Waals surface area (Å²) in [4.78, 5) is 4.15. The van der Waals surface area contributed by atoms with Crippen molar-refractivity contribution in [1.29, 1.82) is 5.26 Å². The topological polar surface area (TPSA) is 96.1 Å². The van der Waals surface area contributed by atoms with Crippen LogP contribution >= 0.6 is 0 Å². The van der Waals surface area contributed by atoms with Crippen LogP contribution in [0.5, 0.6) is 0 Å². The summed E-state index contributed by atoms with van der Waals surface area (Å²) >= 11 is 0. The van der Waals surface area contributed by atoms with Crippen molar-refractivity contribution in [1.82, 2.24) is 4.98 Å². The standard InChI is InChI=1S/C18H17N3O2/c1-10-11-6-4-5-7-14(11)23-16(10)12-8-15(18(2,3)22)21-17(20)13(12)9-19/h4-8,22H,1-3H3,(H2,20,21). The maximum Gasteiger partial charge on any atom is 0.142 e. The zero-order valence-corrected chi connectivity index (χ0v) is 13.2. The zero-order chi connectivity index (χ0) is 16.8. The van der Waals surface area contributed by atoms with Gasteiger partial charge in [0.15, 0.2) is 0 Å². The highest BCUT2D eigenvalue weighted by Crippen LogP contribution is 2.37. The molecule has 0 aliphatic carbocycles. The number of aliphatic hydroxyl groups is 1. The van der Waals surface area contributed by atoms with Crippen molar-refractivity contribution < 1.29 is 9.52 Å². The summed E-state index contributed by atoms with van der Waals surface area (Å²) in [7, 11) is 0. The number of hydrogen-bond donors (Lipinski definition) is 2. The van der Waals surface area contributed by atoms with Crippen LogP contribution in [0.4, 0.5) is 5.82 Å². The lowest BCUT2D eigenvalue weighted by molar-refractivity contribution is 0.0740. The van der Waals surface area contributed by atoms with Gasteiger partial charge in [-0.3, -0.25) is 0 Å². The number of rotatable bonds is 2. The van der Waals surface area contributed by atoms with E-state index in [1.807, 2.05) is 31.2 Å². The average molecular weight is 307 g/mol. The summed E-state index contributed by atoms with van der Waals surface area (Å²) in [6, 6.07) is 11.4. The van der Waals surface area contributed by atoms with Gasteiger partial charge in [0.1, 0.15) is 34.4 Å². The number of anilines is 1. The van der Waals surface area contributed by atoms with Crippen LogP contribution in [0.3, 0.4) is 0 Å². The Morgan fingerprint density at radius 1 is 1.30 bits per heavy atom. The lowest BCUT2D eigenvalue weighted by Gasteiger charge is -2.18. The Kier molecular flexibility index (Phi) is 3.35. The van der Waals surface area contributed by atoms with E-state index in [0.29, 0.717) is 17.0 Å². The second-order valence-electron chi connectivity index (χ2n) is 6.04. The van der Waals surface area contributed by atoms with E-state index in [0.717, 1.165) is 16.5 Å². The molecule has 0 spiro atoms. The van der Waals surface area contributed by atoms with Gasteiger partial charge in [0.2, 0.25) is 0 Å². The van der Waals surface area contributed by atoms with Gasteiger partial charge in [-0.25, -0.2) is 4.98 Å². The van der Waals surface area contributed by atoms with Gasteiger partial charge in [-0.1, -0.05) is 18.2 Å². The fourth-order valence-corrected chi connectivity index (χ4v) is 2.61. The number of para-hydroxylation sites is 1. The molecule has 2 heterocycles. The molecule has 3 N–H and O–H groups in total. The van der Waals surface area contributed by atoms with Crippen LogP contribution in [0.15, 0.2) is 34.7 Å². The first-order valence-corrected chi connectivity index (χ1v) is 7.25. The second kappa shape index (κ2) is 5.11. The van der Waals surface area contributed by atoms with Crippen LogP contribution in [0.25, 0.3) is 22.3 Å². The molecular formula is C18H17N3O2. The minimum Gasteiger partial charge on any atom is -0.456 e. The molecule has 3 rings (SSSR count). The van der Waals surface area contributed by atoms with Gasteiger partial charge in [0, 0.05) is 16.5 Å². The van der Waals surface area contributed by atoms with Crippen molar-refractivity contribution in [3.05, 3.63) is 47.2 Å². The normalized spacial score (nSPS) is 11.6. The summed E-state index contributed by atoms with van der Waals surface area (Å²) < 4.78 is 5.93. The summed E-state index contributed by atoms with van der Waals surface area (Å²) in [5, 5.41) is 20.7. The van der Waals surface area contributed by atoms with Gasteiger partial charge in [-0.15, -0.1) is 0 Å². The fourth-order valence-electron chi connectivity index (χ4n) is 2.61. The number of nitrogens with zero attached hydrogens (tertiary/aromatic N) is 2. The molecule has 0 bridgehead atoms. The van der Waals surface area contributed by atoms with Crippen molar-refractivity contribution in [3.63, 3.8) is 0 Å². The monoisotopic (exact) mass is 307 g/mol. The molecule has 0 unspecified atom stereocenters. The summed E-state index contributed by atoms with van der Waals surface area (Å²) in [5.74, 6) is 0.657. The van der Waals surface area contributed by atoms with Crippen molar-refractivity contribution in [3.8, 4) is 17.4 Å². The summed E-state index contributed by atoms with van der Waals surface area (Å²) in [6.45, 7) is 5.18. The third kappa shape index (κ3) is 2.43. The van der Waals surface area contributed by atoms with E-state index in [1.54, 1.807) is 19.9 Å². The quantitative estimate of drug-likeness (QED) is 0.755. The molecule has 0 atom stereocenters. The Hall–Kier alpha value is -2.84. The fraction of sp³-hybridized carbons (Fsp3) is 0.222. The molecule has 5 nitrogen and oxygen atoms in total. The largest absolute Gasteiger partial charge is 0.456 e. The van der Waals surface area contributed by atoms with E-state index < -0.39 is 5.60 Å². The highest BCUT2D eigenvalue weighted by molar-refractivity contribution is 5.89. The first-order chi connectivity index (χ1) is 10.8. The Bertz CT molecular complexity index is 943. The van der Waals surface area contributed by atoms with Crippen LogP contribution in [0.2, 0.25) is 0 Å². The van der Waals surface area contributed by atoms with Gasteiger partial charge < -0.3 is 15.3 Å². The van der Waals surface area contributed by atoms with Crippen molar-refractivity contribution in [2.45, 2.75) is 26.4 Å². The lowest BCUT2D eigenvalue weighted by atomic mass is 9.97. The van der Waals surface area contributed by atoms with Crippen molar-refractivity contribution in [2.75, 3.05) is 5.73 Å². The minimum absolute atomic E-state index is 0.0852. The van der Waals surface area contributed by atoms with Crippen LogP contribution in [0.1, 0.15) is 30.7 Å². The first-order valence-electron chi connectivity index (χ1n) is 7.25. The molecule has 0 fully saturated rings. The average Bonchev–Trinajstić information content (AvgIpc) is 2.83. The molecule has 3 aromatic rings. The molecule has 5 heteroatoms. The number of aryl methyl sites for hydroxylation is 1. The second-order valence-corrected chi connectivity index (χ2v) is 6.04. The maximum absolute atomic E-state index is 10.2. The predicted molar refractivity (Wildman–Crippen MR) is 88.6 cm³/mol. The molecule has 0 amide bonds. The lowest BCUT2D eigenvalue weighted by Crippen LogP contribution is -2.19. The number of nitriles is 1. The van der Waals surface area contributed by atoms with Crippen molar-refractivity contribution in [2.24, 2.45) is 0 Å². The van der Waals surface area contributed by atoms with Gasteiger partial charge >= 0.3 is 0 Å². The maximum atomic E-state index is 10.2. The van der Waals surface area contributed by atoms with E-state index in [4.69, 9.17) is 10.2 Å². The predicted octanol–water partition coefficient (Wildman–Crippen LogP) is 3.48. The van der Waals surface area contributed by atoms with E-state index in [-0.39, 0.29) is 11.4 Å². The van der Waals surface area contributed by atoms with E-state index in [1.165, 1.54) is 0 Å².